The van der Waals surface area contributed by atoms with Crippen LogP contribution in [0.4, 0.5) is 5.69 Å². The zero-order valence-electron chi connectivity index (χ0n) is 14.2. The summed E-state index contributed by atoms with van der Waals surface area (Å²) in [6.45, 7) is 0. The van der Waals surface area contributed by atoms with Crippen LogP contribution in [-0.2, 0) is 21.2 Å². The SMILES string of the molecule is COc1ccc(NC(=O)CCc2c[nH]c3ccccc23)cc1S(N)(=O)=O. The minimum Gasteiger partial charge on any atom is -0.495 e. The van der Waals surface area contributed by atoms with Gasteiger partial charge in [-0.1, -0.05) is 18.2 Å². The Morgan fingerprint density at radius 1 is 1.23 bits per heavy atom. The Kier molecular flexibility index (Phi) is 4.97. The molecule has 7 nitrogen and oxygen atoms in total. The third-order valence-electron chi connectivity index (χ3n) is 4.05. The van der Waals surface area contributed by atoms with Gasteiger partial charge < -0.3 is 15.0 Å². The smallest absolute Gasteiger partial charge is 0.241 e. The lowest BCUT2D eigenvalue weighted by atomic mass is 10.1. The molecule has 0 aliphatic heterocycles. The molecule has 8 heteroatoms. The minimum atomic E-state index is -3.96. The molecule has 0 atom stereocenters. The minimum absolute atomic E-state index is 0.129. The number of benzene rings is 2. The van der Waals surface area contributed by atoms with Gasteiger partial charge in [-0.15, -0.1) is 0 Å². The van der Waals surface area contributed by atoms with E-state index in [2.05, 4.69) is 10.3 Å². The highest BCUT2D eigenvalue weighted by Gasteiger charge is 2.16. The first-order valence-electron chi connectivity index (χ1n) is 7.94. The van der Waals surface area contributed by atoms with Gasteiger partial charge in [-0.05, 0) is 36.2 Å². The summed E-state index contributed by atoms with van der Waals surface area (Å²) in [5, 5.41) is 8.96. The lowest BCUT2D eigenvalue weighted by Gasteiger charge is -2.10. The van der Waals surface area contributed by atoms with Gasteiger partial charge in [-0.2, -0.15) is 0 Å². The molecule has 1 aromatic heterocycles. The maximum absolute atomic E-state index is 12.2. The van der Waals surface area contributed by atoms with Crippen molar-refractivity contribution in [3.63, 3.8) is 0 Å². The molecule has 0 spiro atoms. The molecule has 1 heterocycles. The average molecular weight is 373 g/mol. The number of hydrogen-bond donors (Lipinski definition) is 3. The quantitative estimate of drug-likeness (QED) is 0.615. The normalized spacial score (nSPS) is 11.5. The molecule has 3 rings (SSSR count). The number of primary sulfonamides is 1. The lowest BCUT2D eigenvalue weighted by Crippen LogP contribution is -2.16. The van der Waals surface area contributed by atoms with E-state index in [1.54, 1.807) is 6.07 Å². The first-order valence-corrected chi connectivity index (χ1v) is 9.49. The van der Waals surface area contributed by atoms with Gasteiger partial charge in [0.2, 0.25) is 15.9 Å². The number of amides is 1. The Bertz CT molecular complexity index is 1060. The van der Waals surface area contributed by atoms with Gasteiger partial charge in [0.1, 0.15) is 10.6 Å². The van der Waals surface area contributed by atoms with Crippen LogP contribution < -0.4 is 15.2 Å². The summed E-state index contributed by atoms with van der Waals surface area (Å²) >= 11 is 0. The number of sulfonamides is 1. The van der Waals surface area contributed by atoms with Crippen LogP contribution in [-0.4, -0.2) is 26.4 Å². The van der Waals surface area contributed by atoms with Crippen LogP contribution in [0.2, 0.25) is 0 Å². The monoisotopic (exact) mass is 373 g/mol. The fourth-order valence-electron chi connectivity index (χ4n) is 2.79. The predicted molar refractivity (Wildman–Crippen MR) is 99.6 cm³/mol. The summed E-state index contributed by atoms with van der Waals surface area (Å²) in [5.74, 6) is -0.0925. The molecule has 0 saturated heterocycles. The van der Waals surface area contributed by atoms with Crippen molar-refractivity contribution in [2.45, 2.75) is 17.7 Å². The van der Waals surface area contributed by atoms with Gasteiger partial charge >= 0.3 is 0 Å². The topological polar surface area (TPSA) is 114 Å². The average Bonchev–Trinajstić information content (AvgIpc) is 3.02. The standard InChI is InChI=1S/C18H19N3O4S/c1-25-16-8-7-13(10-17(16)26(19,23)24)21-18(22)9-6-12-11-20-15-5-3-2-4-14(12)15/h2-5,7-8,10-11,20H,6,9H2,1H3,(H,21,22)(H2,19,23,24). The number of carbonyl (C=O) groups excluding carboxylic acids is 1. The summed E-state index contributed by atoms with van der Waals surface area (Å²) < 4.78 is 28.3. The molecule has 26 heavy (non-hydrogen) atoms. The van der Waals surface area contributed by atoms with E-state index in [0.717, 1.165) is 16.5 Å². The number of hydrogen-bond acceptors (Lipinski definition) is 4. The first kappa shape index (κ1) is 18.0. The molecule has 0 aliphatic carbocycles. The van der Waals surface area contributed by atoms with E-state index in [9.17, 15) is 13.2 Å². The number of nitrogens with two attached hydrogens (primary N) is 1. The third kappa shape index (κ3) is 3.87. The van der Waals surface area contributed by atoms with E-state index < -0.39 is 10.0 Å². The van der Waals surface area contributed by atoms with E-state index in [-0.39, 0.29) is 23.0 Å². The van der Waals surface area contributed by atoms with Crippen LogP contribution in [0.1, 0.15) is 12.0 Å². The van der Waals surface area contributed by atoms with Crippen molar-refractivity contribution in [2.75, 3.05) is 12.4 Å². The lowest BCUT2D eigenvalue weighted by molar-refractivity contribution is -0.116. The Morgan fingerprint density at radius 2 is 2.00 bits per heavy atom. The predicted octanol–water partition coefficient (Wildman–Crippen LogP) is 2.40. The highest BCUT2D eigenvalue weighted by atomic mass is 32.2. The van der Waals surface area contributed by atoms with Crippen LogP contribution in [0.25, 0.3) is 10.9 Å². The molecule has 0 fully saturated rings. The zero-order valence-corrected chi connectivity index (χ0v) is 15.0. The van der Waals surface area contributed by atoms with E-state index in [4.69, 9.17) is 9.88 Å². The van der Waals surface area contributed by atoms with Gasteiger partial charge in [0.05, 0.1) is 7.11 Å². The number of carbonyl (C=O) groups is 1. The second kappa shape index (κ2) is 7.19. The Labute approximate surface area is 151 Å². The van der Waals surface area contributed by atoms with Crippen LogP contribution in [0.15, 0.2) is 53.6 Å². The number of rotatable bonds is 6. The van der Waals surface area contributed by atoms with Crippen LogP contribution in [0, 0.1) is 0 Å². The molecule has 0 bridgehead atoms. The van der Waals surface area contributed by atoms with Crippen LogP contribution >= 0.6 is 0 Å². The summed E-state index contributed by atoms with van der Waals surface area (Å²) in [6.07, 6.45) is 2.72. The van der Waals surface area contributed by atoms with Crippen LogP contribution in [0.3, 0.4) is 0 Å². The second-order valence-corrected chi connectivity index (χ2v) is 7.35. The van der Waals surface area contributed by atoms with Gasteiger partial charge in [-0.25, -0.2) is 13.6 Å². The van der Waals surface area contributed by atoms with Gasteiger partial charge in [0.15, 0.2) is 0 Å². The highest BCUT2D eigenvalue weighted by molar-refractivity contribution is 7.89. The summed E-state index contributed by atoms with van der Waals surface area (Å²) in [7, 11) is -2.61. The van der Waals surface area contributed by atoms with Crippen molar-refractivity contribution < 1.29 is 17.9 Å². The third-order valence-corrected chi connectivity index (χ3v) is 4.98. The van der Waals surface area contributed by atoms with Gasteiger partial charge in [0, 0.05) is 29.2 Å². The fourth-order valence-corrected chi connectivity index (χ4v) is 3.51. The van der Waals surface area contributed by atoms with E-state index >= 15 is 0 Å². The number of fused-ring (bicyclic) bond motifs is 1. The number of aryl methyl sites for hydroxylation is 1. The van der Waals surface area contributed by atoms with Crippen LogP contribution in [0.5, 0.6) is 5.75 Å². The highest BCUT2D eigenvalue weighted by Crippen LogP contribution is 2.26. The van der Waals surface area contributed by atoms with E-state index in [1.807, 2.05) is 30.5 Å². The molecule has 136 valence electrons. The largest absolute Gasteiger partial charge is 0.495 e. The molecule has 0 aliphatic rings. The molecule has 0 unspecified atom stereocenters. The first-order chi connectivity index (χ1) is 12.4. The van der Waals surface area contributed by atoms with Gasteiger partial charge in [-0.3, -0.25) is 4.79 Å². The van der Waals surface area contributed by atoms with Crippen molar-refractivity contribution in [3.05, 3.63) is 54.2 Å². The second-order valence-electron chi connectivity index (χ2n) is 5.82. The number of methoxy groups -OCH3 is 1. The van der Waals surface area contributed by atoms with E-state index in [1.165, 1.54) is 19.2 Å². The number of anilines is 1. The molecule has 4 N–H and O–H groups in total. The van der Waals surface area contributed by atoms with Crippen molar-refractivity contribution >= 4 is 32.5 Å². The summed E-state index contributed by atoms with van der Waals surface area (Å²) in [4.78, 5) is 15.2. The number of aromatic amines is 1. The van der Waals surface area contributed by atoms with Crippen molar-refractivity contribution in [2.24, 2.45) is 5.14 Å². The van der Waals surface area contributed by atoms with Gasteiger partial charge in [0.25, 0.3) is 0 Å². The molecule has 0 saturated carbocycles. The molecular weight excluding hydrogens is 354 g/mol. The molecule has 3 aromatic rings. The maximum atomic E-state index is 12.2. The number of para-hydroxylation sites is 1. The Morgan fingerprint density at radius 3 is 2.73 bits per heavy atom. The molecular formula is C18H19N3O4S. The fraction of sp³-hybridized carbons (Fsp3) is 0.167. The van der Waals surface area contributed by atoms with Crippen molar-refractivity contribution in [3.8, 4) is 5.75 Å². The molecule has 1 amide bonds. The number of aromatic nitrogens is 1. The maximum Gasteiger partial charge on any atom is 0.241 e. The molecule has 0 radical (unpaired) electrons. The zero-order chi connectivity index (χ0) is 18.7. The number of H-pyrrole nitrogens is 1. The molecule has 2 aromatic carbocycles. The number of nitrogens with one attached hydrogen (secondary N) is 2. The summed E-state index contributed by atoms with van der Waals surface area (Å²) in [5.41, 5.74) is 2.42. The Hall–Kier alpha value is -2.84. The van der Waals surface area contributed by atoms with Crippen molar-refractivity contribution in [1.82, 2.24) is 4.98 Å². The number of ether oxygens (including phenoxy) is 1. The van der Waals surface area contributed by atoms with E-state index in [0.29, 0.717) is 12.1 Å². The Balaban J connectivity index is 1.70. The summed E-state index contributed by atoms with van der Waals surface area (Å²) in [6, 6.07) is 12.2. The van der Waals surface area contributed by atoms with Crippen molar-refractivity contribution in [1.29, 1.82) is 0 Å².